The third-order valence-corrected chi connectivity index (χ3v) is 6.95. The fraction of sp³-hybridized carbons (Fsp3) is 0.867. The van der Waals surface area contributed by atoms with Crippen LogP contribution in [0.25, 0.3) is 0 Å². The first kappa shape index (κ1) is 10.8. The first-order valence-corrected chi connectivity index (χ1v) is 6.73. The van der Waals surface area contributed by atoms with Gasteiger partial charge in [-0.1, -0.05) is 39.3 Å². The van der Waals surface area contributed by atoms with Crippen molar-refractivity contribution in [3.63, 3.8) is 0 Å². The lowest BCUT2D eigenvalue weighted by molar-refractivity contribution is -0.0347. The average molecular weight is 220 g/mol. The van der Waals surface area contributed by atoms with Crippen molar-refractivity contribution in [3.05, 3.63) is 12.2 Å². The van der Waals surface area contributed by atoms with Crippen molar-refractivity contribution in [1.82, 2.24) is 0 Å². The first-order chi connectivity index (χ1) is 7.37. The van der Waals surface area contributed by atoms with Crippen LogP contribution in [0.1, 0.15) is 52.9 Å². The lowest BCUT2D eigenvalue weighted by Crippen LogP contribution is -2.43. The molecule has 0 aromatic heterocycles. The van der Waals surface area contributed by atoms with Gasteiger partial charge in [0.2, 0.25) is 0 Å². The number of aliphatic hydroxyl groups excluding tert-OH is 1. The molecule has 0 aromatic carbocycles. The van der Waals surface area contributed by atoms with Crippen molar-refractivity contribution in [3.8, 4) is 0 Å². The molecule has 3 saturated carbocycles. The van der Waals surface area contributed by atoms with Gasteiger partial charge in [0.15, 0.2) is 0 Å². The number of hydrogen-bond acceptors (Lipinski definition) is 1. The number of rotatable bonds is 0. The Kier molecular flexibility index (Phi) is 1.86. The molecular formula is C15H24O. The van der Waals surface area contributed by atoms with Gasteiger partial charge in [-0.25, -0.2) is 0 Å². The van der Waals surface area contributed by atoms with Crippen LogP contribution in [0, 0.1) is 22.2 Å². The van der Waals surface area contributed by atoms with E-state index >= 15 is 0 Å². The van der Waals surface area contributed by atoms with Gasteiger partial charge >= 0.3 is 0 Å². The standard InChI is InChI=1S/C15H24O/c1-10-6-9-14(3)12(16)11(10)13(2)7-5-8-15(13,14)4/h11-12,16H,1,5-9H2,2-4H3/t11-,12+,13-,14-,15-/m1/s1. The summed E-state index contributed by atoms with van der Waals surface area (Å²) in [5.41, 5.74) is 2.07. The van der Waals surface area contributed by atoms with Crippen LogP contribution in [0.4, 0.5) is 0 Å². The molecule has 1 heteroatoms. The van der Waals surface area contributed by atoms with E-state index < -0.39 is 0 Å². The maximum Gasteiger partial charge on any atom is 0.0669 e. The predicted molar refractivity (Wildman–Crippen MR) is 66.0 cm³/mol. The van der Waals surface area contributed by atoms with Gasteiger partial charge in [-0.3, -0.25) is 0 Å². The largest absolute Gasteiger partial charge is 0.392 e. The Labute approximate surface area is 98.9 Å². The van der Waals surface area contributed by atoms with E-state index in [0.29, 0.717) is 16.7 Å². The molecule has 0 heterocycles. The molecule has 0 aromatic rings. The Bertz CT molecular complexity index is 360. The second-order valence-electron chi connectivity index (χ2n) is 7.10. The molecule has 3 rings (SSSR count). The maximum absolute atomic E-state index is 10.7. The lowest BCUT2D eigenvalue weighted by atomic mass is 9.59. The molecule has 1 nitrogen and oxygen atoms in total. The van der Waals surface area contributed by atoms with Crippen LogP contribution in [0.5, 0.6) is 0 Å². The van der Waals surface area contributed by atoms with Crippen molar-refractivity contribution in [2.75, 3.05) is 0 Å². The molecule has 3 aliphatic rings. The summed E-state index contributed by atoms with van der Waals surface area (Å²) < 4.78 is 0. The molecule has 16 heavy (non-hydrogen) atoms. The van der Waals surface area contributed by atoms with Gasteiger partial charge < -0.3 is 5.11 Å². The summed E-state index contributed by atoms with van der Waals surface area (Å²) in [6.07, 6.45) is 6.02. The predicted octanol–water partition coefficient (Wildman–Crippen LogP) is 3.53. The van der Waals surface area contributed by atoms with E-state index in [9.17, 15) is 5.11 Å². The molecule has 2 bridgehead atoms. The van der Waals surface area contributed by atoms with Crippen LogP contribution < -0.4 is 0 Å². The fourth-order valence-electron chi connectivity index (χ4n) is 5.52. The SMILES string of the molecule is C=C1CC[C@]2(C)[C@@H](O)[C@@H]1[C@@]1(C)CCC[C@]12C. The zero-order chi connectivity index (χ0) is 11.8. The second kappa shape index (κ2) is 2.75. The summed E-state index contributed by atoms with van der Waals surface area (Å²) in [5.74, 6) is 0.360. The topological polar surface area (TPSA) is 20.2 Å². The molecule has 0 unspecified atom stereocenters. The Balaban J connectivity index is 2.21. The third kappa shape index (κ3) is 0.827. The van der Waals surface area contributed by atoms with Crippen LogP contribution in [0.2, 0.25) is 0 Å². The molecule has 3 fully saturated rings. The highest BCUT2D eigenvalue weighted by Gasteiger charge is 2.72. The van der Waals surface area contributed by atoms with Crippen molar-refractivity contribution in [1.29, 1.82) is 0 Å². The minimum atomic E-state index is -0.149. The summed E-state index contributed by atoms with van der Waals surface area (Å²) in [7, 11) is 0. The molecule has 0 amide bonds. The Hall–Kier alpha value is -0.300. The second-order valence-corrected chi connectivity index (χ2v) is 7.10. The van der Waals surface area contributed by atoms with E-state index in [4.69, 9.17) is 0 Å². The highest BCUT2D eigenvalue weighted by Crippen LogP contribution is 2.76. The van der Waals surface area contributed by atoms with Gasteiger partial charge in [0.25, 0.3) is 0 Å². The zero-order valence-corrected chi connectivity index (χ0v) is 10.8. The molecule has 0 aliphatic heterocycles. The van der Waals surface area contributed by atoms with Crippen LogP contribution in [-0.4, -0.2) is 11.2 Å². The van der Waals surface area contributed by atoms with E-state index in [1.807, 2.05) is 0 Å². The van der Waals surface area contributed by atoms with Crippen LogP contribution in [-0.2, 0) is 0 Å². The average Bonchev–Trinajstić information content (AvgIpc) is 2.55. The highest BCUT2D eigenvalue weighted by atomic mass is 16.3. The Morgan fingerprint density at radius 2 is 1.81 bits per heavy atom. The van der Waals surface area contributed by atoms with E-state index in [2.05, 4.69) is 27.4 Å². The van der Waals surface area contributed by atoms with Gasteiger partial charge in [0.1, 0.15) is 0 Å². The monoisotopic (exact) mass is 220 g/mol. The van der Waals surface area contributed by atoms with Crippen LogP contribution >= 0.6 is 0 Å². The van der Waals surface area contributed by atoms with Gasteiger partial charge in [-0.15, -0.1) is 0 Å². The minimum Gasteiger partial charge on any atom is -0.392 e. The molecule has 90 valence electrons. The summed E-state index contributed by atoms with van der Waals surface area (Å²) >= 11 is 0. The normalized spacial score (nSPS) is 60.1. The van der Waals surface area contributed by atoms with Crippen LogP contribution in [0.15, 0.2) is 12.2 Å². The Morgan fingerprint density at radius 1 is 1.12 bits per heavy atom. The molecule has 0 saturated heterocycles. The van der Waals surface area contributed by atoms with Crippen molar-refractivity contribution < 1.29 is 5.11 Å². The van der Waals surface area contributed by atoms with E-state index in [1.165, 1.54) is 24.8 Å². The summed E-state index contributed by atoms with van der Waals surface area (Å²) in [6.45, 7) is 11.4. The van der Waals surface area contributed by atoms with Gasteiger partial charge in [-0.2, -0.15) is 0 Å². The lowest BCUT2D eigenvalue weighted by Gasteiger charge is -2.46. The summed E-state index contributed by atoms with van der Waals surface area (Å²) in [6, 6.07) is 0. The van der Waals surface area contributed by atoms with Crippen molar-refractivity contribution in [2.24, 2.45) is 22.2 Å². The van der Waals surface area contributed by atoms with Gasteiger partial charge in [0.05, 0.1) is 6.10 Å². The fourth-order valence-corrected chi connectivity index (χ4v) is 5.52. The summed E-state index contributed by atoms with van der Waals surface area (Å²) in [5, 5.41) is 10.7. The van der Waals surface area contributed by atoms with E-state index in [0.717, 1.165) is 12.8 Å². The molecule has 5 atom stereocenters. The van der Waals surface area contributed by atoms with Crippen molar-refractivity contribution >= 4 is 0 Å². The zero-order valence-electron chi connectivity index (χ0n) is 10.8. The van der Waals surface area contributed by atoms with E-state index in [1.54, 1.807) is 0 Å². The molecule has 0 spiro atoms. The molecule has 0 radical (unpaired) electrons. The first-order valence-electron chi connectivity index (χ1n) is 6.73. The van der Waals surface area contributed by atoms with Crippen molar-refractivity contribution in [2.45, 2.75) is 59.0 Å². The third-order valence-electron chi connectivity index (χ3n) is 6.95. The summed E-state index contributed by atoms with van der Waals surface area (Å²) in [4.78, 5) is 0. The quantitative estimate of drug-likeness (QED) is 0.619. The molecule has 1 N–H and O–H groups in total. The highest BCUT2D eigenvalue weighted by molar-refractivity contribution is 5.29. The van der Waals surface area contributed by atoms with Gasteiger partial charge in [0, 0.05) is 11.3 Å². The smallest absolute Gasteiger partial charge is 0.0669 e. The number of aliphatic hydroxyl groups is 1. The molecular weight excluding hydrogens is 196 g/mol. The maximum atomic E-state index is 10.7. The number of hydrogen-bond donors (Lipinski definition) is 1. The van der Waals surface area contributed by atoms with Crippen LogP contribution in [0.3, 0.4) is 0 Å². The Morgan fingerprint density at radius 3 is 2.50 bits per heavy atom. The number of fused-ring (bicyclic) bond motifs is 5. The van der Waals surface area contributed by atoms with Gasteiger partial charge in [-0.05, 0) is 36.5 Å². The van der Waals surface area contributed by atoms with E-state index in [-0.39, 0.29) is 11.5 Å². The minimum absolute atomic E-state index is 0.129. The molecule has 3 aliphatic carbocycles.